The molecule has 0 heterocycles. The first-order chi connectivity index (χ1) is 9.60. The molecule has 0 bridgehead atoms. The number of carbonyl (C=O) groups is 2. The van der Waals surface area contributed by atoms with Crippen molar-refractivity contribution in [1.29, 1.82) is 0 Å². The van der Waals surface area contributed by atoms with Crippen LogP contribution in [0.1, 0.15) is 40.2 Å². The van der Waals surface area contributed by atoms with Crippen molar-refractivity contribution in [3.8, 4) is 0 Å². The fraction of sp³-hybridized carbons (Fsp3) is 0.500. The monoisotopic (exact) mass is 292 g/mol. The van der Waals surface area contributed by atoms with Gasteiger partial charge >= 0.3 is 6.09 Å². The molecule has 5 heteroatoms. The highest BCUT2D eigenvalue weighted by Gasteiger charge is 2.31. The molecule has 1 rings (SSSR count). The van der Waals surface area contributed by atoms with Gasteiger partial charge in [-0.15, -0.1) is 0 Å². The lowest BCUT2D eigenvalue weighted by Crippen LogP contribution is -2.55. The van der Waals surface area contributed by atoms with Crippen LogP contribution in [-0.2, 0) is 16.1 Å². The molecule has 2 amide bonds. The standard InChI is InChI=1S/C16H24N2O3/c1-15(2,3)21-14(20)18-16(4,5)13(19)17-11-12-9-7-6-8-10-12/h6-10H,11H2,1-5H3,(H,17,19)(H,18,20). The molecule has 0 aliphatic carbocycles. The van der Waals surface area contributed by atoms with E-state index in [-0.39, 0.29) is 5.91 Å². The van der Waals surface area contributed by atoms with Crippen LogP contribution in [0.25, 0.3) is 0 Å². The summed E-state index contributed by atoms with van der Waals surface area (Å²) in [4.78, 5) is 23.9. The fourth-order valence-electron chi connectivity index (χ4n) is 1.61. The van der Waals surface area contributed by atoms with Gasteiger partial charge in [0.25, 0.3) is 0 Å². The van der Waals surface area contributed by atoms with Crippen LogP contribution in [0.15, 0.2) is 30.3 Å². The highest BCUT2D eigenvalue weighted by molar-refractivity contribution is 5.89. The molecule has 0 aliphatic heterocycles. The average molecular weight is 292 g/mol. The van der Waals surface area contributed by atoms with Crippen LogP contribution < -0.4 is 10.6 Å². The third-order valence-electron chi connectivity index (χ3n) is 2.68. The van der Waals surface area contributed by atoms with Crippen molar-refractivity contribution in [1.82, 2.24) is 10.6 Å². The van der Waals surface area contributed by atoms with E-state index in [0.29, 0.717) is 6.54 Å². The summed E-state index contributed by atoms with van der Waals surface area (Å²) in [5.41, 5.74) is -0.642. The van der Waals surface area contributed by atoms with Crippen LogP contribution >= 0.6 is 0 Å². The van der Waals surface area contributed by atoms with Crippen molar-refractivity contribution in [2.75, 3.05) is 0 Å². The van der Waals surface area contributed by atoms with E-state index in [1.807, 2.05) is 30.3 Å². The molecule has 0 radical (unpaired) electrons. The van der Waals surface area contributed by atoms with Crippen molar-refractivity contribution in [2.45, 2.75) is 52.3 Å². The summed E-state index contributed by atoms with van der Waals surface area (Å²) in [6.07, 6.45) is -0.609. The molecule has 0 atom stereocenters. The Kier molecular flexibility index (Phi) is 5.35. The summed E-state index contributed by atoms with van der Waals surface area (Å²) in [6, 6.07) is 9.58. The Balaban J connectivity index is 2.53. The van der Waals surface area contributed by atoms with Crippen LogP contribution in [0.2, 0.25) is 0 Å². The summed E-state index contributed by atoms with van der Waals surface area (Å²) in [7, 11) is 0. The van der Waals surface area contributed by atoms with Gasteiger partial charge in [0, 0.05) is 6.54 Å². The summed E-state index contributed by atoms with van der Waals surface area (Å²) in [6.45, 7) is 9.01. The van der Waals surface area contributed by atoms with Crippen molar-refractivity contribution in [3.63, 3.8) is 0 Å². The van der Waals surface area contributed by atoms with E-state index in [1.165, 1.54) is 0 Å². The van der Waals surface area contributed by atoms with Gasteiger partial charge in [-0.3, -0.25) is 4.79 Å². The molecule has 0 unspecified atom stereocenters. The van der Waals surface area contributed by atoms with E-state index in [0.717, 1.165) is 5.56 Å². The van der Waals surface area contributed by atoms with Gasteiger partial charge in [-0.2, -0.15) is 0 Å². The number of alkyl carbamates (subject to hydrolysis) is 1. The Hall–Kier alpha value is -2.04. The number of hydrogen-bond acceptors (Lipinski definition) is 3. The number of benzene rings is 1. The number of nitrogens with one attached hydrogen (secondary N) is 2. The molecule has 0 aliphatic rings. The van der Waals surface area contributed by atoms with Crippen LogP contribution in [0, 0.1) is 0 Å². The number of carbonyl (C=O) groups excluding carboxylic acids is 2. The molecule has 0 aromatic heterocycles. The van der Waals surface area contributed by atoms with Crippen molar-refractivity contribution >= 4 is 12.0 Å². The molecule has 0 saturated heterocycles. The Labute approximate surface area is 126 Å². The van der Waals surface area contributed by atoms with E-state index >= 15 is 0 Å². The minimum atomic E-state index is -1.04. The summed E-state index contributed by atoms with van der Waals surface area (Å²) >= 11 is 0. The van der Waals surface area contributed by atoms with Crippen LogP contribution in [0.4, 0.5) is 4.79 Å². The zero-order chi connectivity index (χ0) is 16.1. The Morgan fingerprint density at radius 1 is 1.05 bits per heavy atom. The van der Waals surface area contributed by atoms with Gasteiger partial charge in [0.1, 0.15) is 11.1 Å². The lowest BCUT2D eigenvalue weighted by atomic mass is 10.0. The van der Waals surface area contributed by atoms with E-state index in [9.17, 15) is 9.59 Å². The SMILES string of the molecule is CC(C)(C)OC(=O)NC(C)(C)C(=O)NCc1ccccc1. The largest absolute Gasteiger partial charge is 0.444 e. The van der Waals surface area contributed by atoms with Gasteiger partial charge in [0.15, 0.2) is 0 Å². The minimum Gasteiger partial charge on any atom is -0.444 e. The number of rotatable bonds is 4. The maximum Gasteiger partial charge on any atom is 0.408 e. The second-order valence-electron chi connectivity index (χ2n) is 6.42. The summed E-state index contributed by atoms with van der Waals surface area (Å²) in [5, 5.41) is 5.37. The first kappa shape index (κ1) is 17.0. The number of hydrogen-bond donors (Lipinski definition) is 2. The molecule has 21 heavy (non-hydrogen) atoms. The highest BCUT2D eigenvalue weighted by Crippen LogP contribution is 2.10. The van der Waals surface area contributed by atoms with Gasteiger partial charge in [0.2, 0.25) is 5.91 Å². The maximum absolute atomic E-state index is 12.2. The molecule has 5 nitrogen and oxygen atoms in total. The zero-order valence-electron chi connectivity index (χ0n) is 13.3. The average Bonchev–Trinajstić information content (AvgIpc) is 2.34. The molecule has 1 aromatic rings. The number of ether oxygens (including phenoxy) is 1. The molecule has 116 valence electrons. The lowest BCUT2D eigenvalue weighted by molar-refractivity contribution is -0.126. The van der Waals surface area contributed by atoms with Crippen molar-refractivity contribution < 1.29 is 14.3 Å². The fourth-order valence-corrected chi connectivity index (χ4v) is 1.61. The van der Waals surface area contributed by atoms with Crippen molar-refractivity contribution in [3.05, 3.63) is 35.9 Å². The highest BCUT2D eigenvalue weighted by atomic mass is 16.6. The molecule has 0 saturated carbocycles. The first-order valence-electron chi connectivity index (χ1n) is 6.93. The maximum atomic E-state index is 12.2. The van der Waals surface area contributed by atoms with Crippen molar-refractivity contribution in [2.24, 2.45) is 0 Å². The topological polar surface area (TPSA) is 67.4 Å². The Morgan fingerprint density at radius 2 is 1.62 bits per heavy atom. The van der Waals surface area contributed by atoms with Gasteiger partial charge in [-0.1, -0.05) is 30.3 Å². The normalized spacial score (nSPS) is 11.7. The predicted octanol–water partition coefficient (Wildman–Crippen LogP) is 2.61. The summed E-state index contributed by atoms with van der Waals surface area (Å²) < 4.78 is 5.16. The van der Waals surface area contributed by atoms with Gasteiger partial charge in [-0.25, -0.2) is 4.79 Å². The number of amides is 2. The van der Waals surface area contributed by atoms with E-state index in [2.05, 4.69) is 10.6 Å². The first-order valence-corrected chi connectivity index (χ1v) is 6.93. The third kappa shape index (κ3) is 6.29. The Bertz CT molecular complexity index is 490. The second-order valence-corrected chi connectivity index (χ2v) is 6.42. The van der Waals surface area contributed by atoms with Gasteiger partial charge in [-0.05, 0) is 40.2 Å². The van der Waals surface area contributed by atoms with E-state index in [4.69, 9.17) is 4.74 Å². The van der Waals surface area contributed by atoms with E-state index in [1.54, 1.807) is 34.6 Å². The molecular formula is C16H24N2O3. The molecule has 0 spiro atoms. The molecule has 0 fully saturated rings. The molecular weight excluding hydrogens is 268 g/mol. The smallest absolute Gasteiger partial charge is 0.408 e. The van der Waals surface area contributed by atoms with E-state index < -0.39 is 17.2 Å². The van der Waals surface area contributed by atoms with Crippen LogP contribution in [0.5, 0.6) is 0 Å². The minimum absolute atomic E-state index is 0.266. The molecule has 1 aromatic carbocycles. The van der Waals surface area contributed by atoms with Gasteiger partial charge in [0.05, 0.1) is 0 Å². The third-order valence-corrected chi connectivity index (χ3v) is 2.68. The van der Waals surface area contributed by atoms with Crippen LogP contribution in [-0.4, -0.2) is 23.1 Å². The predicted molar refractivity (Wildman–Crippen MR) is 81.7 cm³/mol. The summed E-state index contributed by atoms with van der Waals surface area (Å²) in [5.74, 6) is -0.266. The Morgan fingerprint density at radius 3 is 2.14 bits per heavy atom. The molecule has 2 N–H and O–H groups in total. The second kappa shape index (κ2) is 6.61. The quantitative estimate of drug-likeness (QED) is 0.896. The van der Waals surface area contributed by atoms with Gasteiger partial charge < -0.3 is 15.4 Å². The zero-order valence-corrected chi connectivity index (χ0v) is 13.3. The van der Waals surface area contributed by atoms with Crippen LogP contribution in [0.3, 0.4) is 0 Å². The lowest BCUT2D eigenvalue weighted by Gasteiger charge is -2.27.